The Labute approximate surface area is 126 Å². The first-order valence-electron chi connectivity index (χ1n) is 6.67. The smallest absolute Gasteiger partial charge is 0.319 e. The lowest BCUT2D eigenvalue weighted by molar-refractivity contribution is -0.384. The van der Waals surface area contributed by atoms with Crippen molar-refractivity contribution in [2.24, 2.45) is 0 Å². The number of anilines is 1. The van der Waals surface area contributed by atoms with E-state index in [1.807, 2.05) is 0 Å². The predicted molar refractivity (Wildman–Crippen MR) is 78.5 cm³/mol. The van der Waals surface area contributed by atoms with Crippen LogP contribution >= 0.6 is 11.6 Å². The van der Waals surface area contributed by atoms with Crippen LogP contribution in [-0.2, 0) is 0 Å². The Morgan fingerprint density at radius 1 is 1.38 bits per heavy atom. The molecule has 0 saturated heterocycles. The van der Waals surface area contributed by atoms with Crippen LogP contribution in [0.5, 0.6) is 0 Å². The minimum Gasteiger partial charge on any atom is -0.391 e. The molecule has 1 aromatic carbocycles. The number of hydrogen-bond donors (Lipinski definition) is 3. The third-order valence-corrected chi connectivity index (χ3v) is 3.77. The first-order chi connectivity index (χ1) is 9.97. The number of hydrogen-bond acceptors (Lipinski definition) is 4. The molecule has 1 saturated carbocycles. The van der Waals surface area contributed by atoms with Crippen LogP contribution in [0.15, 0.2) is 18.2 Å². The quantitative estimate of drug-likeness (QED) is 0.589. The minimum absolute atomic E-state index is 0.0866. The van der Waals surface area contributed by atoms with Gasteiger partial charge in [-0.15, -0.1) is 0 Å². The van der Waals surface area contributed by atoms with E-state index in [1.165, 1.54) is 18.2 Å². The lowest BCUT2D eigenvalue weighted by atomic mass is 9.93. The van der Waals surface area contributed by atoms with E-state index in [1.54, 1.807) is 0 Å². The van der Waals surface area contributed by atoms with Crippen molar-refractivity contribution < 1.29 is 14.8 Å². The zero-order valence-corrected chi connectivity index (χ0v) is 12.0. The zero-order valence-electron chi connectivity index (χ0n) is 11.2. The molecule has 0 bridgehead atoms. The average Bonchev–Trinajstić information content (AvgIpc) is 2.43. The summed E-state index contributed by atoms with van der Waals surface area (Å²) in [6.07, 6.45) is 2.76. The second-order valence-electron chi connectivity index (χ2n) is 4.98. The van der Waals surface area contributed by atoms with E-state index >= 15 is 0 Å². The number of benzene rings is 1. The van der Waals surface area contributed by atoms with Crippen LogP contribution in [0.1, 0.15) is 25.7 Å². The molecule has 1 aliphatic rings. The summed E-state index contributed by atoms with van der Waals surface area (Å²) in [6, 6.07) is 3.04. The van der Waals surface area contributed by atoms with Gasteiger partial charge in [0, 0.05) is 12.1 Å². The van der Waals surface area contributed by atoms with Gasteiger partial charge in [0.25, 0.3) is 5.69 Å². The molecular weight excluding hydrogens is 298 g/mol. The van der Waals surface area contributed by atoms with E-state index in [2.05, 4.69) is 10.6 Å². The van der Waals surface area contributed by atoms with E-state index < -0.39 is 17.1 Å². The molecule has 0 heterocycles. The van der Waals surface area contributed by atoms with Gasteiger partial charge in [0.15, 0.2) is 0 Å². The van der Waals surface area contributed by atoms with E-state index in [4.69, 9.17) is 11.6 Å². The molecule has 21 heavy (non-hydrogen) atoms. The maximum atomic E-state index is 11.9. The lowest BCUT2D eigenvalue weighted by Gasteiger charge is -2.28. The number of halogens is 1. The van der Waals surface area contributed by atoms with Gasteiger partial charge in [-0.3, -0.25) is 10.1 Å². The highest BCUT2D eigenvalue weighted by Gasteiger charge is 2.24. The fourth-order valence-electron chi connectivity index (χ4n) is 2.33. The molecule has 0 spiro atoms. The molecule has 2 atom stereocenters. The Kier molecular flexibility index (Phi) is 4.98. The summed E-state index contributed by atoms with van der Waals surface area (Å²) in [5.74, 6) is 0. The molecule has 1 fully saturated rings. The first-order valence-corrected chi connectivity index (χ1v) is 7.04. The van der Waals surface area contributed by atoms with Gasteiger partial charge in [0.2, 0.25) is 0 Å². The summed E-state index contributed by atoms with van der Waals surface area (Å²) in [6.45, 7) is 0. The monoisotopic (exact) mass is 313 g/mol. The van der Waals surface area contributed by atoms with Gasteiger partial charge in [-0.1, -0.05) is 24.4 Å². The maximum Gasteiger partial charge on any atom is 0.319 e. The highest BCUT2D eigenvalue weighted by molar-refractivity contribution is 6.33. The molecule has 8 heteroatoms. The number of amides is 2. The van der Waals surface area contributed by atoms with Crippen molar-refractivity contribution in [3.63, 3.8) is 0 Å². The molecule has 2 unspecified atom stereocenters. The topological polar surface area (TPSA) is 104 Å². The van der Waals surface area contributed by atoms with Crippen molar-refractivity contribution >= 4 is 29.0 Å². The van der Waals surface area contributed by atoms with Gasteiger partial charge in [-0.2, -0.15) is 0 Å². The summed E-state index contributed by atoms with van der Waals surface area (Å²) in [5.41, 5.74) is 0.138. The summed E-state index contributed by atoms with van der Waals surface area (Å²) in [4.78, 5) is 21.9. The number of nitro groups is 1. The normalized spacial score (nSPS) is 21.6. The van der Waals surface area contributed by atoms with E-state index in [0.717, 1.165) is 19.3 Å². The number of aliphatic hydroxyl groups excluding tert-OH is 1. The zero-order chi connectivity index (χ0) is 15.4. The molecule has 114 valence electrons. The highest BCUT2D eigenvalue weighted by Crippen LogP contribution is 2.26. The second-order valence-corrected chi connectivity index (χ2v) is 5.39. The number of non-ortho nitro benzene ring substituents is 1. The number of nitrogens with one attached hydrogen (secondary N) is 2. The van der Waals surface area contributed by atoms with Gasteiger partial charge in [0.05, 0.1) is 27.8 Å². The fourth-order valence-corrected chi connectivity index (χ4v) is 2.55. The first kappa shape index (κ1) is 15.5. The SMILES string of the molecule is O=C(Nc1ccc([N+](=O)[O-])cc1Cl)NC1CCCCC1O. The number of nitro benzene ring substituents is 1. The Morgan fingerprint density at radius 2 is 2.10 bits per heavy atom. The van der Waals surface area contributed by atoms with Crippen LogP contribution < -0.4 is 10.6 Å². The molecule has 0 radical (unpaired) electrons. The van der Waals surface area contributed by atoms with Crippen LogP contribution in [-0.4, -0.2) is 28.2 Å². The van der Waals surface area contributed by atoms with E-state index in [-0.39, 0.29) is 22.4 Å². The molecule has 0 aliphatic heterocycles. The van der Waals surface area contributed by atoms with Crippen LogP contribution in [0.3, 0.4) is 0 Å². The number of urea groups is 1. The van der Waals surface area contributed by atoms with Crippen molar-refractivity contribution in [1.82, 2.24) is 5.32 Å². The van der Waals surface area contributed by atoms with E-state index in [0.29, 0.717) is 6.42 Å². The summed E-state index contributed by atoms with van der Waals surface area (Å²) in [5, 5.41) is 25.7. The van der Waals surface area contributed by atoms with Gasteiger partial charge >= 0.3 is 6.03 Å². The third kappa shape index (κ3) is 4.05. The summed E-state index contributed by atoms with van der Waals surface area (Å²) < 4.78 is 0. The standard InChI is InChI=1S/C13H16ClN3O4/c14-9-7-8(17(20)21)5-6-10(9)15-13(19)16-11-3-1-2-4-12(11)18/h5-7,11-12,18H,1-4H2,(H2,15,16,19). The minimum atomic E-state index is -0.561. The fraction of sp³-hybridized carbons (Fsp3) is 0.462. The van der Waals surface area contributed by atoms with Gasteiger partial charge in [-0.05, 0) is 18.9 Å². The van der Waals surface area contributed by atoms with E-state index in [9.17, 15) is 20.0 Å². The number of carbonyl (C=O) groups excluding carboxylic acids is 1. The van der Waals surface area contributed by atoms with Gasteiger partial charge in [0.1, 0.15) is 0 Å². The predicted octanol–water partition coefficient (Wildman–Crippen LogP) is 2.67. The Morgan fingerprint density at radius 3 is 2.71 bits per heavy atom. The molecule has 7 nitrogen and oxygen atoms in total. The van der Waals surface area contributed by atoms with Gasteiger partial charge in [-0.25, -0.2) is 4.79 Å². The van der Waals surface area contributed by atoms with Crippen molar-refractivity contribution in [2.75, 3.05) is 5.32 Å². The molecule has 0 aromatic heterocycles. The second kappa shape index (κ2) is 6.73. The molecule has 3 N–H and O–H groups in total. The Hall–Kier alpha value is -1.86. The maximum absolute atomic E-state index is 11.9. The summed E-state index contributed by atoms with van der Waals surface area (Å²) in [7, 11) is 0. The Balaban J connectivity index is 1.97. The van der Waals surface area contributed by atoms with Crippen LogP contribution in [0.2, 0.25) is 5.02 Å². The van der Waals surface area contributed by atoms with Crippen molar-refractivity contribution in [1.29, 1.82) is 0 Å². The number of aliphatic hydroxyl groups is 1. The third-order valence-electron chi connectivity index (χ3n) is 3.46. The van der Waals surface area contributed by atoms with Crippen LogP contribution in [0.25, 0.3) is 0 Å². The molecule has 1 aliphatic carbocycles. The van der Waals surface area contributed by atoms with Crippen molar-refractivity contribution in [3.8, 4) is 0 Å². The van der Waals surface area contributed by atoms with Gasteiger partial charge < -0.3 is 15.7 Å². The van der Waals surface area contributed by atoms with Crippen LogP contribution in [0.4, 0.5) is 16.2 Å². The number of nitrogens with zero attached hydrogens (tertiary/aromatic N) is 1. The largest absolute Gasteiger partial charge is 0.391 e. The number of carbonyl (C=O) groups is 1. The van der Waals surface area contributed by atoms with Crippen molar-refractivity contribution in [3.05, 3.63) is 33.3 Å². The molecule has 1 aromatic rings. The summed E-state index contributed by atoms with van der Waals surface area (Å²) >= 11 is 5.89. The number of rotatable bonds is 3. The lowest BCUT2D eigenvalue weighted by Crippen LogP contribution is -2.46. The van der Waals surface area contributed by atoms with Crippen LogP contribution in [0, 0.1) is 10.1 Å². The molecule has 2 rings (SSSR count). The average molecular weight is 314 g/mol. The molecular formula is C13H16ClN3O4. The highest BCUT2D eigenvalue weighted by atomic mass is 35.5. The Bertz CT molecular complexity index is 552. The van der Waals surface area contributed by atoms with Crippen molar-refractivity contribution in [2.45, 2.75) is 37.8 Å². The molecule has 2 amide bonds.